The van der Waals surface area contributed by atoms with E-state index in [4.69, 9.17) is 10.2 Å². The van der Waals surface area contributed by atoms with Crippen molar-refractivity contribution in [3.8, 4) is 6.07 Å². The van der Waals surface area contributed by atoms with Gasteiger partial charge in [-0.1, -0.05) is 12.1 Å². The smallest absolute Gasteiger partial charge is 0.356 e. The van der Waals surface area contributed by atoms with Crippen LogP contribution in [0.5, 0.6) is 0 Å². The highest BCUT2D eigenvalue weighted by Gasteiger charge is 2.25. The van der Waals surface area contributed by atoms with Crippen LogP contribution in [0.25, 0.3) is 10.9 Å². The van der Waals surface area contributed by atoms with Crippen molar-refractivity contribution in [2.45, 2.75) is 33.0 Å². The number of nitrogens with zero attached hydrogens (tertiary/aromatic N) is 5. The van der Waals surface area contributed by atoms with Gasteiger partial charge in [0.15, 0.2) is 5.69 Å². The number of nitrogens with one attached hydrogen (secondary N) is 1. The van der Waals surface area contributed by atoms with Crippen LogP contribution in [0.15, 0.2) is 47.3 Å². The molecule has 0 unspecified atom stereocenters. The van der Waals surface area contributed by atoms with Gasteiger partial charge in [0.2, 0.25) is 5.95 Å². The van der Waals surface area contributed by atoms with Gasteiger partial charge in [-0.3, -0.25) is 9.36 Å². The summed E-state index contributed by atoms with van der Waals surface area (Å²) in [5.41, 5.74) is 3.63. The number of fused-ring (bicyclic) bond motifs is 2. The van der Waals surface area contributed by atoms with Gasteiger partial charge in [0.1, 0.15) is 17.6 Å². The number of hydrogen-bond acceptors (Lipinski definition) is 7. The molecule has 0 fully saturated rings. The van der Waals surface area contributed by atoms with Crippen molar-refractivity contribution in [1.82, 2.24) is 14.5 Å². The lowest BCUT2D eigenvalue weighted by molar-refractivity contribution is 0.0691. The summed E-state index contributed by atoms with van der Waals surface area (Å²) in [6.07, 6.45) is 0. The largest absolute Gasteiger partial charge is 0.476 e. The van der Waals surface area contributed by atoms with Crippen LogP contribution in [0, 0.1) is 24.1 Å². The fraction of sp³-hybridized carbons (Fsp3) is 0.222. The number of carboxylic acid groups (broad SMARTS) is 1. The van der Waals surface area contributed by atoms with E-state index < -0.39 is 12.0 Å². The van der Waals surface area contributed by atoms with Crippen LogP contribution in [0.1, 0.15) is 51.4 Å². The highest BCUT2D eigenvalue weighted by molar-refractivity contribution is 5.92. The molecule has 3 heterocycles. The van der Waals surface area contributed by atoms with Crippen LogP contribution in [0.2, 0.25) is 0 Å². The highest BCUT2D eigenvalue weighted by atomic mass is 19.1. The Labute approximate surface area is 211 Å². The van der Waals surface area contributed by atoms with Crippen LogP contribution < -0.4 is 15.8 Å². The number of aromatic nitrogens is 3. The maximum absolute atomic E-state index is 13.8. The maximum Gasteiger partial charge on any atom is 0.356 e. The summed E-state index contributed by atoms with van der Waals surface area (Å²) in [7, 11) is 1.67. The molecule has 9 nitrogen and oxygen atoms in total. The van der Waals surface area contributed by atoms with Gasteiger partial charge in [0, 0.05) is 25.7 Å². The second-order valence-electron chi connectivity index (χ2n) is 9.17. The molecule has 37 heavy (non-hydrogen) atoms. The van der Waals surface area contributed by atoms with Crippen molar-refractivity contribution >= 4 is 28.5 Å². The van der Waals surface area contributed by atoms with Gasteiger partial charge in [-0.15, -0.1) is 0 Å². The molecule has 0 bridgehead atoms. The second kappa shape index (κ2) is 9.02. The van der Waals surface area contributed by atoms with Crippen LogP contribution in [0.3, 0.4) is 0 Å². The molecular formula is C27H23FN6O3. The summed E-state index contributed by atoms with van der Waals surface area (Å²) < 4.78 is 15.3. The molecule has 0 amide bonds. The zero-order valence-corrected chi connectivity index (χ0v) is 20.4. The minimum Gasteiger partial charge on any atom is -0.476 e. The quantitative estimate of drug-likeness (QED) is 0.423. The predicted octanol–water partition coefficient (Wildman–Crippen LogP) is 4.04. The first-order chi connectivity index (χ1) is 17.7. The van der Waals surface area contributed by atoms with Crippen LogP contribution in [-0.2, 0) is 20.1 Å². The SMILES string of the molecule is Cc1cc([C@@H](C)Nc2ccc(C#N)nc2C(=O)O)c2nc(N3Cc4ccc(F)cc4C3)n(C)c(=O)c2c1. The number of nitriles is 1. The number of carbonyl (C=O) groups is 1. The molecule has 0 radical (unpaired) electrons. The van der Waals surface area contributed by atoms with E-state index >= 15 is 0 Å². The number of rotatable bonds is 5. The minimum atomic E-state index is -1.26. The normalized spacial score (nSPS) is 13.3. The molecule has 2 aromatic heterocycles. The van der Waals surface area contributed by atoms with E-state index in [1.54, 1.807) is 19.2 Å². The molecular weight excluding hydrogens is 475 g/mol. The molecule has 1 atom stereocenters. The topological polar surface area (TPSA) is 124 Å². The molecule has 0 aliphatic carbocycles. The molecule has 2 aromatic carbocycles. The van der Waals surface area contributed by atoms with Gasteiger partial charge < -0.3 is 15.3 Å². The summed E-state index contributed by atoms with van der Waals surface area (Å²) in [6.45, 7) is 4.63. The molecule has 10 heteroatoms. The van der Waals surface area contributed by atoms with Crippen molar-refractivity contribution in [3.05, 3.63) is 92.3 Å². The Bertz CT molecular complexity index is 1690. The van der Waals surface area contributed by atoms with Gasteiger partial charge in [0.25, 0.3) is 5.56 Å². The first kappa shape index (κ1) is 23.9. The molecule has 5 rings (SSSR count). The lowest BCUT2D eigenvalue weighted by atomic mass is 10.0. The van der Waals surface area contributed by atoms with Crippen molar-refractivity contribution in [1.29, 1.82) is 5.26 Å². The van der Waals surface area contributed by atoms with Gasteiger partial charge in [-0.05, 0) is 60.9 Å². The first-order valence-electron chi connectivity index (χ1n) is 11.6. The molecule has 2 N–H and O–H groups in total. The molecule has 0 spiro atoms. The number of anilines is 2. The van der Waals surface area contributed by atoms with Crippen molar-refractivity contribution in [3.63, 3.8) is 0 Å². The van der Waals surface area contributed by atoms with Crippen LogP contribution in [0.4, 0.5) is 16.0 Å². The monoisotopic (exact) mass is 498 g/mol. The Kier molecular flexibility index (Phi) is 5.84. The van der Waals surface area contributed by atoms with Crippen LogP contribution in [-0.4, -0.2) is 25.6 Å². The van der Waals surface area contributed by atoms with Gasteiger partial charge in [0.05, 0.1) is 22.6 Å². The standard InChI is InChI=1S/C27H23FN6O3/c1-14-8-20(15(2)30-22-7-6-19(11-29)31-24(22)26(36)37)23-21(9-14)25(35)33(3)27(32-23)34-12-16-4-5-18(28)10-17(16)13-34/h4-10,15,30H,12-13H2,1-3H3,(H,36,37)/t15-/m1/s1. The zero-order valence-electron chi connectivity index (χ0n) is 20.4. The van der Waals surface area contributed by atoms with E-state index in [1.807, 2.05) is 30.9 Å². The summed E-state index contributed by atoms with van der Waals surface area (Å²) in [4.78, 5) is 35.9. The number of carboxylic acids is 1. The van der Waals surface area contributed by atoms with Gasteiger partial charge >= 0.3 is 5.97 Å². The summed E-state index contributed by atoms with van der Waals surface area (Å²) >= 11 is 0. The minimum absolute atomic E-state index is 0.00194. The lowest BCUT2D eigenvalue weighted by Gasteiger charge is -2.23. The molecule has 0 saturated heterocycles. The number of hydrogen-bond donors (Lipinski definition) is 2. The average Bonchev–Trinajstić information content (AvgIpc) is 3.29. The summed E-state index contributed by atoms with van der Waals surface area (Å²) in [6, 6.07) is 12.7. The Morgan fingerprint density at radius 2 is 1.92 bits per heavy atom. The molecule has 0 saturated carbocycles. The number of halogens is 1. The molecule has 1 aliphatic rings. The summed E-state index contributed by atoms with van der Waals surface area (Å²) in [5, 5.41) is 22.3. The second-order valence-corrected chi connectivity index (χ2v) is 9.17. The van der Waals surface area contributed by atoms with Crippen LogP contribution >= 0.6 is 0 Å². The first-order valence-corrected chi connectivity index (χ1v) is 11.6. The Morgan fingerprint density at radius 1 is 1.16 bits per heavy atom. The van der Waals surface area contributed by atoms with E-state index in [0.29, 0.717) is 35.5 Å². The zero-order chi connectivity index (χ0) is 26.4. The Balaban J connectivity index is 1.59. The van der Waals surface area contributed by atoms with Gasteiger partial charge in [-0.2, -0.15) is 5.26 Å². The van der Waals surface area contributed by atoms with E-state index in [1.165, 1.54) is 28.8 Å². The van der Waals surface area contributed by atoms with Crippen molar-refractivity contribution < 1.29 is 14.3 Å². The number of pyridine rings is 1. The highest BCUT2D eigenvalue weighted by Crippen LogP contribution is 2.31. The van der Waals surface area contributed by atoms with Gasteiger partial charge in [-0.25, -0.2) is 19.2 Å². The third kappa shape index (κ3) is 4.25. The lowest BCUT2D eigenvalue weighted by Crippen LogP contribution is -2.28. The maximum atomic E-state index is 13.8. The fourth-order valence-electron chi connectivity index (χ4n) is 4.77. The van der Waals surface area contributed by atoms with E-state index in [9.17, 15) is 19.1 Å². The Hall–Kier alpha value is -4.78. The van der Waals surface area contributed by atoms with E-state index in [2.05, 4.69) is 10.3 Å². The van der Waals surface area contributed by atoms with Crippen molar-refractivity contribution in [2.75, 3.05) is 10.2 Å². The fourth-order valence-corrected chi connectivity index (χ4v) is 4.77. The Morgan fingerprint density at radius 3 is 2.65 bits per heavy atom. The molecule has 4 aromatic rings. The predicted molar refractivity (Wildman–Crippen MR) is 136 cm³/mol. The van der Waals surface area contributed by atoms with E-state index in [-0.39, 0.29) is 28.5 Å². The molecule has 186 valence electrons. The average molecular weight is 499 g/mol. The number of aromatic carboxylic acids is 1. The number of aryl methyl sites for hydroxylation is 1. The third-order valence-corrected chi connectivity index (χ3v) is 6.56. The van der Waals surface area contributed by atoms with Crippen molar-refractivity contribution in [2.24, 2.45) is 7.05 Å². The number of benzene rings is 2. The van der Waals surface area contributed by atoms with E-state index in [0.717, 1.165) is 16.7 Å². The third-order valence-electron chi connectivity index (χ3n) is 6.56. The summed E-state index contributed by atoms with van der Waals surface area (Å²) in [5.74, 6) is -1.12. The molecule has 1 aliphatic heterocycles.